The normalized spacial score (nSPS) is 10.9. The first kappa shape index (κ1) is 10.1. The highest BCUT2D eigenvalue weighted by Gasteiger charge is 2.05. The lowest BCUT2D eigenvalue weighted by Gasteiger charge is -2.00. The molecule has 0 aliphatic carbocycles. The van der Waals surface area contributed by atoms with Crippen LogP contribution in [0.1, 0.15) is 25.5 Å². The van der Waals surface area contributed by atoms with Gasteiger partial charge in [0.1, 0.15) is 11.5 Å². The van der Waals surface area contributed by atoms with Crippen molar-refractivity contribution in [1.82, 2.24) is 19.7 Å². The third kappa shape index (κ3) is 2.15. The van der Waals surface area contributed by atoms with E-state index in [1.807, 2.05) is 12.3 Å². The van der Waals surface area contributed by atoms with Crippen LogP contribution in [0.5, 0.6) is 0 Å². The fourth-order valence-corrected chi connectivity index (χ4v) is 1.36. The third-order valence-corrected chi connectivity index (χ3v) is 2.26. The zero-order chi connectivity index (χ0) is 10.8. The summed E-state index contributed by atoms with van der Waals surface area (Å²) in [5, 5.41) is 4.81. The molecule has 0 aliphatic rings. The summed E-state index contributed by atoms with van der Waals surface area (Å²) in [7, 11) is 0. The minimum atomic E-state index is 0.406. The molecule has 0 fully saturated rings. The predicted octanol–water partition coefficient (Wildman–Crippen LogP) is 2.44. The molecule has 0 aromatic carbocycles. The highest BCUT2D eigenvalue weighted by molar-refractivity contribution is 6.29. The molecule has 2 heterocycles. The zero-order valence-corrected chi connectivity index (χ0v) is 9.31. The molecule has 0 N–H and O–H groups in total. The zero-order valence-electron chi connectivity index (χ0n) is 8.55. The van der Waals surface area contributed by atoms with Gasteiger partial charge in [-0.25, -0.2) is 14.6 Å². The van der Waals surface area contributed by atoms with Crippen molar-refractivity contribution in [3.05, 3.63) is 35.5 Å². The first-order chi connectivity index (χ1) is 7.16. The van der Waals surface area contributed by atoms with Gasteiger partial charge >= 0.3 is 0 Å². The SMILES string of the molecule is CC(C)c1ccn(-c2cc(Cl)ncn2)n1. The quantitative estimate of drug-likeness (QED) is 0.733. The van der Waals surface area contributed by atoms with E-state index in [-0.39, 0.29) is 0 Å². The maximum absolute atomic E-state index is 5.77. The third-order valence-electron chi connectivity index (χ3n) is 2.06. The van der Waals surface area contributed by atoms with Crippen LogP contribution in [0, 0.1) is 0 Å². The van der Waals surface area contributed by atoms with Crippen molar-refractivity contribution in [2.24, 2.45) is 0 Å². The van der Waals surface area contributed by atoms with Crippen LogP contribution in [0.4, 0.5) is 0 Å². The molecule has 0 saturated carbocycles. The van der Waals surface area contributed by atoms with Crippen molar-refractivity contribution in [1.29, 1.82) is 0 Å². The van der Waals surface area contributed by atoms with E-state index in [1.165, 1.54) is 6.33 Å². The topological polar surface area (TPSA) is 43.6 Å². The van der Waals surface area contributed by atoms with Crippen LogP contribution < -0.4 is 0 Å². The lowest BCUT2D eigenvalue weighted by Crippen LogP contribution is -2.00. The second-order valence-corrected chi connectivity index (χ2v) is 3.93. The molecule has 15 heavy (non-hydrogen) atoms. The van der Waals surface area contributed by atoms with Crippen LogP contribution in [-0.2, 0) is 0 Å². The van der Waals surface area contributed by atoms with E-state index >= 15 is 0 Å². The minimum absolute atomic E-state index is 0.406. The Hall–Kier alpha value is -1.42. The van der Waals surface area contributed by atoms with E-state index in [4.69, 9.17) is 11.6 Å². The summed E-state index contributed by atoms with van der Waals surface area (Å²) in [5.41, 5.74) is 1.03. The Morgan fingerprint density at radius 2 is 2.13 bits per heavy atom. The highest BCUT2D eigenvalue weighted by Crippen LogP contribution is 2.13. The van der Waals surface area contributed by atoms with Crippen molar-refractivity contribution in [2.45, 2.75) is 19.8 Å². The summed E-state index contributed by atoms with van der Waals surface area (Å²) in [4.78, 5) is 7.91. The van der Waals surface area contributed by atoms with E-state index in [0.29, 0.717) is 16.9 Å². The Labute approximate surface area is 92.9 Å². The molecule has 0 spiro atoms. The lowest BCUT2D eigenvalue weighted by molar-refractivity contribution is 0.756. The standard InChI is InChI=1S/C10H11ClN4/c1-7(2)8-3-4-15(14-8)10-5-9(11)12-6-13-10/h3-7H,1-2H3. The van der Waals surface area contributed by atoms with E-state index in [1.54, 1.807) is 10.7 Å². The Balaban J connectivity index is 2.37. The second kappa shape index (κ2) is 3.98. The molecule has 4 nitrogen and oxygen atoms in total. The Morgan fingerprint density at radius 1 is 1.33 bits per heavy atom. The first-order valence-electron chi connectivity index (χ1n) is 4.70. The summed E-state index contributed by atoms with van der Waals surface area (Å²) >= 11 is 5.77. The van der Waals surface area contributed by atoms with Gasteiger partial charge in [-0.15, -0.1) is 0 Å². The molecule has 5 heteroatoms. The fraction of sp³-hybridized carbons (Fsp3) is 0.300. The molecule has 0 radical (unpaired) electrons. The van der Waals surface area contributed by atoms with Crippen molar-refractivity contribution in [2.75, 3.05) is 0 Å². The molecule has 0 unspecified atom stereocenters. The average molecular weight is 223 g/mol. The number of aromatic nitrogens is 4. The minimum Gasteiger partial charge on any atom is -0.224 e. The van der Waals surface area contributed by atoms with Crippen molar-refractivity contribution in [3.8, 4) is 5.82 Å². The maximum Gasteiger partial charge on any atom is 0.158 e. The molecule has 0 bridgehead atoms. The van der Waals surface area contributed by atoms with Gasteiger partial charge in [0, 0.05) is 12.3 Å². The summed E-state index contributed by atoms with van der Waals surface area (Å²) in [6.07, 6.45) is 3.29. The fourth-order valence-electron chi connectivity index (χ4n) is 1.22. The molecule has 0 atom stereocenters. The highest BCUT2D eigenvalue weighted by atomic mass is 35.5. The van der Waals surface area contributed by atoms with Crippen molar-refractivity contribution < 1.29 is 0 Å². The number of hydrogen-bond acceptors (Lipinski definition) is 3. The number of rotatable bonds is 2. The molecule has 2 rings (SSSR count). The van der Waals surface area contributed by atoms with Crippen molar-refractivity contribution in [3.63, 3.8) is 0 Å². The summed E-state index contributed by atoms with van der Waals surface area (Å²) in [5.74, 6) is 1.09. The second-order valence-electron chi connectivity index (χ2n) is 3.54. The molecule has 2 aromatic rings. The molecule has 78 valence electrons. The van der Waals surface area contributed by atoms with E-state index in [0.717, 1.165) is 5.69 Å². The predicted molar refractivity (Wildman–Crippen MR) is 58.3 cm³/mol. The van der Waals surface area contributed by atoms with Crippen LogP contribution in [0.2, 0.25) is 5.15 Å². The Kier molecular flexibility index (Phi) is 2.68. The average Bonchev–Trinajstić information content (AvgIpc) is 2.66. The van der Waals surface area contributed by atoms with E-state index in [9.17, 15) is 0 Å². The number of nitrogens with zero attached hydrogens (tertiary/aromatic N) is 4. The van der Waals surface area contributed by atoms with Gasteiger partial charge in [0.15, 0.2) is 5.82 Å². The smallest absolute Gasteiger partial charge is 0.158 e. The summed E-state index contributed by atoms with van der Waals surface area (Å²) < 4.78 is 1.70. The largest absolute Gasteiger partial charge is 0.224 e. The van der Waals surface area contributed by atoms with E-state index in [2.05, 4.69) is 28.9 Å². The molecule has 0 aliphatic heterocycles. The Bertz CT molecular complexity index is 464. The van der Waals surface area contributed by atoms with Crippen LogP contribution in [0.3, 0.4) is 0 Å². The summed E-state index contributed by atoms with van der Waals surface area (Å²) in [6.45, 7) is 4.19. The van der Waals surface area contributed by atoms with Gasteiger partial charge in [-0.2, -0.15) is 5.10 Å². The van der Waals surface area contributed by atoms with E-state index < -0.39 is 0 Å². The van der Waals surface area contributed by atoms with Crippen LogP contribution >= 0.6 is 11.6 Å². The molecular weight excluding hydrogens is 212 g/mol. The molecule has 0 saturated heterocycles. The number of halogens is 1. The van der Waals surface area contributed by atoms with Gasteiger partial charge < -0.3 is 0 Å². The van der Waals surface area contributed by atoms with Gasteiger partial charge in [-0.1, -0.05) is 25.4 Å². The summed E-state index contributed by atoms with van der Waals surface area (Å²) in [6, 6.07) is 3.65. The first-order valence-corrected chi connectivity index (χ1v) is 5.08. The van der Waals surface area contributed by atoms with Gasteiger partial charge in [0.25, 0.3) is 0 Å². The molecule has 2 aromatic heterocycles. The van der Waals surface area contributed by atoms with Gasteiger partial charge in [-0.05, 0) is 12.0 Å². The monoisotopic (exact) mass is 222 g/mol. The van der Waals surface area contributed by atoms with Crippen molar-refractivity contribution >= 4 is 11.6 Å². The van der Waals surface area contributed by atoms with Crippen LogP contribution in [0.25, 0.3) is 5.82 Å². The number of hydrogen-bond donors (Lipinski definition) is 0. The van der Waals surface area contributed by atoms with Crippen LogP contribution in [-0.4, -0.2) is 19.7 Å². The van der Waals surface area contributed by atoms with Gasteiger partial charge in [0.05, 0.1) is 5.69 Å². The molecular formula is C10H11ClN4. The Morgan fingerprint density at radius 3 is 2.73 bits per heavy atom. The van der Waals surface area contributed by atoms with Crippen LogP contribution in [0.15, 0.2) is 24.7 Å². The lowest BCUT2D eigenvalue weighted by atomic mass is 10.1. The maximum atomic E-state index is 5.77. The molecule has 0 amide bonds. The van der Waals surface area contributed by atoms with Gasteiger partial charge in [-0.3, -0.25) is 0 Å². The van der Waals surface area contributed by atoms with Gasteiger partial charge in [0.2, 0.25) is 0 Å².